The van der Waals surface area contributed by atoms with Crippen molar-refractivity contribution in [3.05, 3.63) is 53.5 Å². The van der Waals surface area contributed by atoms with E-state index < -0.39 is 0 Å². The lowest BCUT2D eigenvalue weighted by atomic mass is 10.1. The van der Waals surface area contributed by atoms with E-state index in [1.54, 1.807) is 0 Å². The second-order valence-electron chi connectivity index (χ2n) is 5.13. The van der Waals surface area contributed by atoms with Gasteiger partial charge >= 0.3 is 0 Å². The van der Waals surface area contributed by atoms with Gasteiger partial charge in [0.25, 0.3) is 0 Å². The number of aryl methyl sites for hydroxylation is 2. The third-order valence-electron chi connectivity index (χ3n) is 3.69. The Bertz CT molecular complexity index is 736. The predicted octanol–water partition coefficient (Wildman–Crippen LogP) is 2.67. The second kappa shape index (κ2) is 5.13. The first kappa shape index (κ1) is 12.9. The fourth-order valence-electron chi connectivity index (χ4n) is 2.67. The average Bonchev–Trinajstić information content (AvgIpc) is 3.02. The molecule has 0 saturated heterocycles. The normalized spacial score (nSPS) is 11.3. The van der Waals surface area contributed by atoms with E-state index in [0.717, 1.165) is 24.3 Å². The molecular formula is C16H20N4. The zero-order valence-electron chi connectivity index (χ0n) is 12.0. The molecule has 0 spiro atoms. The molecule has 3 aromatic rings. The Hall–Kier alpha value is -2.07. The third kappa shape index (κ3) is 2.23. The monoisotopic (exact) mass is 268 g/mol. The van der Waals surface area contributed by atoms with Crippen LogP contribution in [-0.4, -0.2) is 14.3 Å². The van der Waals surface area contributed by atoms with Gasteiger partial charge in [-0.3, -0.25) is 4.68 Å². The molecule has 0 aliphatic rings. The maximum Gasteiger partial charge on any atom is 0.0645 e. The number of benzene rings is 1. The van der Waals surface area contributed by atoms with Crippen LogP contribution in [0.3, 0.4) is 0 Å². The Morgan fingerprint density at radius 2 is 2.05 bits per heavy atom. The van der Waals surface area contributed by atoms with Gasteiger partial charge in [0, 0.05) is 24.8 Å². The maximum atomic E-state index is 5.74. The molecule has 4 nitrogen and oxygen atoms in total. The van der Waals surface area contributed by atoms with Crippen LogP contribution in [0.15, 0.2) is 36.5 Å². The van der Waals surface area contributed by atoms with E-state index in [1.165, 1.54) is 16.6 Å². The third-order valence-corrected chi connectivity index (χ3v) is 3.69. The molecule has 0 unspecified atom stereocenters. The summed E-state index contributed by atoms with van der Waals surface area (Å²) in [6, 6.07) is 10.7. The largest absolute Gasteiger partial charge is 0.341 e. The van der Waals surface area contributed by atoms with Gasteiger partial charge < -0.3 is 10.3 Å². The van der Waals surface area contributed by atoms with Gasteiger partial charge in [-0.05, 0) is 43.0 Å². The summed E-state index contributed by atoms with van der Waals surface area (Å²) in [5.74, 6) is 0. The van der Waals surface area contributed by atoms with Gasteiger partial charge in [-0.1, -0.05) is 12.1 Å². The van der Waals surface area contributed by atoms with Crippen molar-refractivity contribution in [1.82, 2.24) is 14.3 Å². The molecule has 4 heteroatoms. The SMILES string of the molecule is CCn1nc(C)cc1Cn1ccc2ccc(CN)cc21. The maximum absolute atomic E-state index is 5.74. The number of fused-ring (bicyclic) bond motifs is 1. The molecule has 3 rings (SSSR count). The molecule has 0 atom stereocenters. The van der Waals surface area contributed by atoms with Crippen molar-refractivity contribution in [3.63, 3.8) is 0 Å². The first-order valence-electron chi connectivity index (χ1n) is 7.02. The van der Waals surface area contributed by atoms with Crippen molar-refractivity contribution in [3.8, 4) is 0 Å². The molecule has 0 bridgehead atoms. The molecule has 0 fully saturated rings. The standard InChI is InChI=1S/C16H20N4/c1-3-20-15(8-12(2)18-20)11-19-7-6-14-5-4-13(10-17)9-16(14)19/h4-9H,3,10-11,17H2,1-2H3. The lowest BCUT2D eigenvalue weighted by Crippen LogP contribution is -2.07. The molecule has 2 N–H and O–H groups in total. The highest BCUT2D eigenvalue weighted by Gasteiger charge is 2.07. The number of nitrogens with two attached hydrogens (primary N) is 1. The van der Waals surface area contributed by atoms with E-state index >= 15 is 0 Å². The van der Waals surface area contributed by atoms with Crippen LogP contribution >= 0.6 is 0 Å². The van der Waals surface area contributed by atoms with Crippen LogP contribution in [-0.2, 0) is 19.6 Å². The topological polar surface area (TPSA) is 48.8 Å². The molecule has 2 heterocycles. The quantitative estimate of drug-likeness (QED) is 0.791. The van der Waals surface area contributed by atoms with E-state index in [0.29, 0.717) is 6.54 Å². The van der Waals surface area contributed by atoms with Crippen LogP contribution in [0.1, 0.15) is 23.9 Å². The van der Waals surface area contributed by atoms with Crippen LogP contribution in [0.5, 0.6) is 0 Å². The number of rotatable bonds is 4. The van der Waals surface area contributed by atoms with Crippen molar-refractivity contribution < 1.29 is 0 Å². The van der Waals surface area contributed by atoms with Gasteiger partial charge in [0.05, 0.1) is 17.9 Å². The highest BCUT2D eigenvalue weighted by molar-refractivity contribution is 5.80. The zero-order valence-corrected chi connectivity index (χ0v) is 12.0. The summed E-state index contributed by atoms with van der Waals surface area (Å²) in [7, 11) is 0. The van der Waals surface area contributed by atoms with Gasteiger partial charge in [0.2, 0.25) is 0 Å². The Kier molecular flexibility index (Phi) is 3.32. The van der Waals surface area contributed by atoms with Gasteiger partial charge in [-0.2, -0.15) is 5.10 Å². The lowest BCUT2D eigenvalue weighted by Gasteiger charge is -2.08. The van der Waals surface area contributed by atoms with Gasteiger partial charge in [-0.25, -0.2) is 0 Å². The van der Waals surface area contributed by atoms with Crippen LogP contribution < -0.4 is 5.73 Å². The molecule has 0 saturated carbocycles. The minimum Gasteiger partial charge on any atom is -0.341 e. The van der Waals surface area contributed by atoms with Crippen molar-refractivity contribution in [2.24, 2.45) is 5.73 Å². The van der Waals surface area contributed by atoms with Gasteiger partial charge in [0.1, 0.15) is 0 Å². The molecule has 104 valence electrons. The predicted molar refractivity (Wildman–Crippen MR) is 81.6 cm³/mol. The summed E-state index contributed by atoms with van der Waals surface area (Å²) in [5.41, 5.74) is 10.4. The Balaban J connectivity index is 2.01. The van der Waals surface area contributed by atoms with Crippen LogP contribution in [0, 0.1) is 6.92 Å². The second-order valence-corrected chi connectivity index (χ2v) is 5.13. The first-order valence-corrected chi connectivity index (χ1v) is 7.02. The van der Waals surface area contributed by atoms with E-state index in [9.17, 15) is 0 Å². The Labute approximate surface area is 118 Å². The summed E-state index contributed by atoms with van der Waals surface area (Å²) >= 11 is 0. The number of hydrogen-bond acceptors (Lipinski definition) is 2. The summed E-state index contributed by atoms with van der Waals surface area (Å²) in [6.07, 6.45) is 2.13. The van der Waals surface area contributed by atoms with E-state index in [-0.39, 0.29) is 0 Å². The minimum atomic E-state index is 0.577. The number of nitrogens with zero attached hydrogens (tertiary/aromatic N) is 3. The first-order chi connectivity index (χ1) is 9.71. The van der Waals surface area contributed by atoms with E-state index in [1.807, 2.05) is 6.92 Å². The molecule has 2 aromatic heterocycles. The van der Waals surface area contributed by atoms with Gasteiger partial charge in [0.15, 0.2) is 0 Å². The van der Waals surface area contributed by atoms with Crippen LogP contribution in [0.25, 0.3) is 10.9 Å². The summed E-state index contributed by atoms with van der Waals surface area (Å²) in [5, 5.41) is 5.76. The van der Waals surface area contributed by atoms with Crippen LogP contribution in [0.4, 0.5) is 0 Å². The fourth-order valence-corrected chi connectivity index (χ4v) is 2.67. The van der Waals surface area contributed by atoms with Crippen molar-refractivity contribution in [2.45, 2.75) is 33.5 Å². The Morgan fingerprint density at radius 1 is 1.20 bits per heavy atom. The Morgan fingerprint density at radius 3 is 2.80 bits per heavy atom. The highest BCUT2D eigenvalue weighted by atomic mass is 15.3. The summed E-state index contributed by atoms with van der Waals surface area (Å²) < 4.78 is 4.32. The molecule has 0 amide bonds. The average molecular weight is 268 g/mol. The zero-order chi connectivity index (χ0) is 14.1. The van der Waals surface area contributed by atoms with E-state index in [2.05, 4.69) is 57.8 Å². The number of aromatic nitrogens is 3. The molecule has 1 aromatic carbocycles. The number of hydrogen-bond donors (Lipinski definition) is 1. The fraction of sp³-hybridized carbons (Fsp3) is 0.312. The molecule has 0 radical (unpaired) electrons. The molecular weight excluding hydrogens is 248 g/mol. The minimum absolute atomic E-state index is 0.577. The van der Waals surface area contributed by atoms with Crippen molar-refractivity contribution in [2.75, 3.05) is 0 Å². The summed E-state index contributed by atoms with van der Waals surface area (Å²) in [4.78, 5) is 0. The van der Waals surface area contributed by atoms with E-state index in [4.69, 9.17) is 5.73 Å². The van der Waals surface area contributed by atoms with Crippen molar-refractivity contribution >= 4 is 10.9 Å². The molecule has 20 heavy (non-hydrogen) atoms. The van der Waals surface area contributed by atoms with Crippen LogP contribution in [0.2, 0.25) is 0 Å². The molecule has 0 aliphatic carbocycles. The van der Waals surface area contributed by atoms with Crippen molar-refractivity contribution in [1.29, 1.82) is 0 Å². The lowest BCUT2D eigenvalue weighted by molar-refractivity contribution is 0.602. The smallest absolute Gasteiger partial charge is 0.0645 e. The summed E-state index contributed by atoms with van der Waals surface area (Å²) in [6.45, 7) is 6.47. The molecule has 0 aliphatic heterocycles. The van der Waals surface area contributed by atoms with Gasteiger partial charge in [-0.15, -0.1) is 0 Å². The highest BCUT2D eigenvalue weighted by Crippen LogP contribution is 2.19.